The quantitative estimate of drug-likeness (QED) is 0.566. The molecule has 0 bridgehead atoms. The summed E-state index contributed by atoms with van der Waals surface area (Å²) in [5.74, 6) is -0.955. The lowest BCUT2D eigenvalue weighted by molar-refractivity contribution is 0.0695. The van der Waals surface area contributed by atoms with Crippen LogP contribution < -0.4 is 5.32 Å². The van der Waals surface area contributed by atoms with Crippen LogP contribution in [-0.2, 0) is 6.54 Å². The van der Waals surface area contributed by atoms with Crippen LogP contribution in [0.15, 0.2) is 6.20 Å². The lowest BCUT2D eigenvalue weighted by Gasteiger charge is -1.95. The molecule has 0 amide bonds. The van der Waals surface area contributed by atoms with Gasteiger partial charge < -0.3 is 10.4 Å². The van der Waals surface area contributed by atoms with Crippen molar-refractivity contribution in [3.8, 4) is 0 Å². The number of H-pyrrole nitrogens is 1. The smallest absolute Gasteiger partial charge is 0.339 e. The third-order valence-corrected chi connectivity index (χ3v) is 1.30. The Kier molecular flexibility index (Phi) is 2.22. The number of nitrogens with one attached hydrogen (secondary N) is 2. The fourth-order valence-electron chi connectivity index (χ4n) is 0.809. The predicted octanol–water partition coefficient (Wildman–Crippen LogP) is -0.173. The van der Waals surface area contributed by atoms with Gasteiger partial charge in [-0.15, -0.1) is 0 Å². The first kappa shape index (κ1) is 7.74. The molecule has 1 heterocycles. The van der Waals surface area contributed by atoms with E-state index in [1.165, 1.54) is 6.20 Å². The number of carboxylic acids is 1. The zero-order valence-electron chi connectivity index (χ0n) is 6.09. The number of nitrogens with zero attached hydrogens (tertiary/aromatic N) is 1. The first-order valence-electron chi connectivity index (χ1n) is 3.16. The largest absolute Gasteiger partial charge is 0.478 e. The molecule has 0 saturated carbocycles. The van der Waals surface area contributed by atoms with Crippen LogP contribution in [0.2, 0.25) is 0 Å². The van der Waals surface area contributed by atoms with E-state index in [9.17, 15) is 4.79 Å². The summed E-state index contributed by atoms with van der Waals surface area (Å²) in [6.07, 6.45) is 1.30. The van der Waals surface area contributed by atoms with Crippen molar-refractivity contribution in [2.24, 2.45) is 0 Å². The van der Waals surface area contributed by atoms with Gasteiger partial charge in [0.15, 0.2) is 0 Å². The first-order chi connectivity index (χ1) is 5.25. The van der Waals surface area contributed by atoms with E-state index in [4.69, 9.17) is 5.11 Å². The number of aromatic amines is 1. The lowest BCUT2D eigenvalue weighted by Crippen LogP contribution is -2.09. The zero-order valence-corrected chi connectivity index (χ0v) is 6.09. The molecule has 0 radical (unpaired) electrons. The Morgan fingerprint density at radius 3 is 3.18 bits per heavy atom. The minimum absolute atomic E-state index is 0.222. The van der Waals surface area contributed by atoms with E-state index < -0.39 is 5.97 Å². The van der Waals surface area contributed by atoms with Crippen LogP contribution in [0.3, 0.4) is 0 Å². The van der Waals surface area contributed by atoms with Gasteiger partial charge in [-0.25, -0.2) is 4.79 Å². The number of hydrogen-bond acceptors (Lipinski definition) is 3. The van der Waals surface area contributed by atoms with Gasteiger partial charge in [-0.1, -0.05) is 0 Å². The van der Waals surface area contributed by atoms with Crippen molar-refractivity contribution in [3.05, 3.63) is 17.5 Å². The number of aromatic carboxylic acids is 1. The maximum absolute atomic E-state index is 10.5. The molecule has 0 fully saturated rings. The Labute approximate surface area is 63.4 Å². The predicted molar refractivity (Wildman–Crippen MR) is 38.3 cm³/mol. The highest BCUT2D eigenvalue weighted by Gasteiger charge is 2.10. The van der Waals surface area contributed by atoms with Gasteiger partial charge in [-0.05, 0) is 7.05 Å². The third-order valence-electron chi connectivity index (χ3n) is 1.30. The molecule has 5 nitrogen and oxygen atoms in total. The molecule has 0 unspecified atom stereocenters. The summed E-state index contributed by atoms with van der Waals surface area (Å²) in [6.45, 7) is 0.488. The number of carboxylic acid groups (broad SMARTS) is 1. The molecule has 3 N–H and O–H groups in total. The highest BCUT2D eigenvalue weighted by molar-refractivity contribution is 5.88. The van der Waals surface area contributed by atoms with Crippen LogP contribution in [-0.4, -0.2) is 28.3 Å². The summed E-state index contributed by atoms with van der Waals surface area (Å²) in [4.78, 5) is 10.5. The van der Waals surface area contributed by atoms with Gasteiger partial charge in [-0.3, -0.25) is 5.10 Å². The molecule has 5 heteroatoms. The first-order valence-corrected chi connectivity index (χ1v) is 3.16. The molecule has 1 aromatic heterocycles. The summed E-state index contributed by atoms with van der Waals surface area (Å²) in [6, 6.07) is 0. The van der Waals surface area contributed by atoms with Gasteiger partial charge in [0.25, 0.3) is 0 Å². The van der Waals surface area contributed by atoms with Gasteiger partial charge in [-0.2, -0.15) is 5.10 Å². The topological polar surface area (TPSA) is 78.0 Å². The normalized spacial score (nSPS) is 9.91. The molecule has 11 heavy (non-hydrogen) atoms. The lowest BCUT2D eigenvalue weighted by atomic mass is 10.2. The van der Waals surface area contributed by atoms with Crippen LogP contribution in [0.4, 0.5) is 0 Å². The van der Waals surface area contributed by atoms with Crippen molar-refractivity contribution in [1.29, 1.82) is 0 Å². The average Bonchev–Trinajstić information content (AvgIpc) is 2.36. The maximum Gasteiger partial charge on any atom is 0.339 e. The van der Waals surface area contributed by atoms with Gasteiger partial charge in [0.2, 0.25) is 0 Å². The standard InChI is InChI=1S/C6H9N3O2/c1-7-3-5-4(6(10)11)2-8-9-5/h2,7H,3H2,1H3,(H,8,9)(H,10,11). The maximum atomic E-state index is 10.5. The van der Waals surface area contributed by atoms with Gasteiger partial charge in [0, 0.05) is 6.54 Å². The number of hydrogen-bond donors (Lipinski definition) is 3. The van der Waals surface area contributed by atoms with Crippen LogP contribution in [0.5, 0.6) is 0 Å². The van der Waals surface area contributed by atoms with E-state index in [2.05, 4.69) is 15.5 Å². The van der Waals surface area contributed by atoms with Crippen molar-refractivity contribution >= 4 is 5.97 Å². The van der Waals surface area contributed by atoms with Crippen molar-refractivity contribution in [2.45, 2.75) is 6.54 Å². The van der Waals surface area contributed by atoms with Crippen molar-refractivity contribution in [2.75, 3.05) is 7.05 Å². The summed E-state index contributed by atoms with van der Waals surface area (Å²) >= 11 is 0. The summed E-state index contributed by atoms with van der Waals surface area (Å²) in [7, 11) is 1.74. The minimum Gasteiger partial charge on any atom is -0.478 e. The van der Waals surface area contributed by atoms with Gasteiger partial charge >= 0.3 is 5.97 Å². The van der Waals surface area contributed by atoms with E-state index in [1.807, 2.05) is 0 Å². The molecular formula is C6H9N3O2. The molecule has 0 spiro atoms. The molecule has 60 valence electrons. The van der Waals surface area contributed by atoms with E-state index in [1.54, 1.807) is 7.05 Å². The molecule has 0 aliphatic rings. The highest BCUT2D eigenvalue weighted by Crippen LogP contribution is 2.02. The summed E-state index contributed by atoms with van der Waals surface area (Å²) < 4.78 is 0. The van der Waals surface area contributed by atoms with Crippen LogP contribution in [0, 0.1) is 0 Å². The Hall–Kier alpha value is -1.36. The number of aromatic nitrogens is 2. The number of rotatable bonds is 3. The SMILES string of the molecule is CNCc1[nH]ncc1C(=O)O. The van der Waals surface area contributed by atoms with E-state index in [0.29, 0.717) is 12.2 Å². The second-order valence-electron chi connectivity index (χ2n) is 2.10. The fourth-order valence-corrected chi connectivity index (χ4v) is 0.809. The highest BCUT2D eigenvalue weighted by atomic mass is 16.4. The second-order valence-corrected chi connectivity index (χ2v) is 2.10. The zero-order chi connectivity index (χ0) is 8.27. The Bertz CT molecular complexity index is 256. The summed E-state index contributed by atoms with van der Waals surface area (Å²) in [5, 5.41) is 17.6. The van der Waals surface area contributed by atoms with Crippen LogP contribution in [0.1, 0.15) is 16.1 Å². The Balaban J connectivity index is 2.87. The molecule has 0 aromatic carbocycles. The molecular weight excluding hydrogens is 146 g/mol. The third kappa shape index (κ3) is 1.56. The van der Waals surface area contributed by atoms with E-state index in [-0.39, 0.29) is 5.56 Å². The van der Waals surface area contributed by atoms with Crippen molar-refractivity contribution < 1.29 is 9.90 Å². The molecule has 0 aliphatic heterocycles. The van der Waals surface area contributed by atoms with Crippen molar-refractivity contribution in [3.63, 3.8) is 0 Å². The monoisotopic (exact) mass is 155 g/mol. The molecule has 0 saturated heterocycles. The Morgan fingerprint density at radius 1 is 1.91 bits per heavy atom. The van der Waals surface area contributed by atoms with Crippen molar-refractivity contribution in [1.82, 2.24) is 15.5 Å². The van der Waals surface area contributed by atoms with Gasteiger partial charge in [0.1, 0.15) is 5.56 Å². The second kappa shape index (κ2) is 3.16. The van der Waals surface area contributed by atoms with Gasteiger partial charge in [0.05, 0.1) is 11.9 Å². The summed E-state index contributed by atoms with van der Waals surface area (Å²) in [5.41, 5.74) is 0.819. The van der Waals surface area contributed by atoms with E-state index >= 15 is 0 Å². The minimum atomic E-state index is -0.955. The molecule has 1 rings (SSSR count). The number of carbonyl (C=O) groups is 1. The van der Waals surface area contributed by atoms with E-state index in [0.717, 1.165) is 0 Å². The van der Waals surface area contributed by atoms with Crippen LogP contribution in [0.25, 0.3) is 0 Å². The van der Waals surface area contributed by atoms with Crippen LogP contribution >= 0.6 is 0 Å². The molecule has 0 aliphatic carbocycles. The average molecular weight is 155 g/mol. The fraction of sp³-hybridized carbons (Fsp3) is 0.333. The Morgan fingerprint density at radius 2 is 2.64 bits per heavy atom. The molecule has 0 atom stereocenters. The molecule has 1 aromatic rings.